The molecule has 7 heteroatoms. The highest BCUT2D eigenvalue weighted by Gasteiger charge is 2.46. The zero-order valence-corrected chi connectivity index (χ0v) is 14.2. The van der Waals surface area contributed by atoms with Crippen LogP contribution in [0.2, 0.25) is 0 Å². The maximum absolute atomic E-state index is 12.3. The Bertz CT molecular complexity index is 568. The van der Waals surface area contributed by atoms with Crippen LogP contribution in [0.5, 0.6) is 5.75 Å². The van der Waals surface area contributed by atoms with Crippen LogP contribution in [0.25, 0.3) is 0 Å². The molecule has 0 aromatic heterocycles. The van der Waals surface area contributed by atoms with Gasteiger partial charge in [0.25, 0.3) is 5.91 Å². The van der Waals surface area contributed by atoms with Crippen molar-refractivity contribution in [3.63, 3.8) is 0 Å². The number of urea groups is 1. The van der Waals surface area contributed by atoms with E-state index in [0.29, 0.717) is 18.7 Å². The van der Waals surface area contributed by atoms with E-state index in [9.17, 15) is 14.7 Å². The number of benzene rings is 1. The highest BCUT2D eigenvalue weighted by molar-refractivity contribution is 9.10. The summed E-state index contributed by atoms with van der Waals surface area (Å²) in [7, 11) is 0. The van der Waals surface area contributed by atoms with Gasteiger partial charge < -0.3 is 14.7 Å². The molecular weight excluding hydrogens is 364 g/mol. The lowest BCUT2D eigenvalue weighted by molar-refractivity contribution is -0.129. The number of ether oxygens (including phenoxy) is 1. The van der Waals surface area contributed by atoms with Gasteiger partial charge in [0.05, 0.1) is 6.54 Å². The molecule has 2 saturated heterocycles. The van der Waals surface area contributed by atoms with Gasteiger partial charge in [0.15, 0.2) is 0 Å². The summed E-state index contributed by atoms with van der Waals surface area (Å²) in [6.07, 6.45) is 1.70. The number of hydrogen-bond donors (Lipinski definition) is 1. The van der Waals surface area contributed by atoms with Crippen molar-refractivity contribution in [2.45, 2.75) is 31.4 Å². The van der Waals surface area contributed by atoms with Crippen molar-refractivity contribution >= 4 is 27.9 Å². The molecule has 2 aliphatic heterocycles. The summed E-state index contributed by atoms with van der Waals surface area (Å²) in [6.45, 7) is 0.627. The molecule has 2 aliphatic rings. The number of halogens is 1. The Labute approximate surface area is 143 Å². The average Bonchev–Trinajstić information content (AvgIpc) is 2.80. The lowest BCUT2D eigenvalue weighted by Gasteiger charge is -2.26. The summed E-state index contributed by atoms with van der Waals surface area (Å²) in [5, 5.41) is 10.1. The lowest BCUT2D eigenvalue weighted by Crippen LogP contribution is -2.40. The minimum atomic E-state index is -0.909. The van der Waals surface area contributed by atoms with Crippen molar-refractivity contribution in [3.8, 4) is 5.75 Å². The van der Waals surface area contributed by atoms with Gasteiger partial charge in [-0.05, 0) is 43.5 Å². The third-order valence-electron chi connectivity index (χ3n) is 4.18. The molecule has 0 bridgehead atoms. The Balaban J connectivity index is 1.55. The zero-order chi connectivity index (χ0) is 16.4. The van der Waals surface area contributed by atoms with E-state index in [1.807, 2.05) is 12.1 Å². The molecule has 0 saturated carbocycles. The van der Waals surface area contributed by atoms with Crippen LogP contribution >= 0.6 is 15.9 Å². The third kappa shape index (κ3) is 3.50. The van der Waals surface area contributed by atoms with Crippen molar-refractivity contribution in [2.75, 3.05) is 19.7 Å². The van der Waals surface area contributed by atoms with Crippen LogP contribution in [0.4, 0.5) is 4.79 Å². The monoisotopic (exact) mass is 382 g/mol. The fraction of sp³-hybridized carbons (Fsp3) is 0.500. The molecule has 124 valence electrons. The van der Waals surface area contributed by atoms with Gasteiger partial charge in [0.1, 0.15) is 24.5 Å². The number of carbonyl (C=O) groups excluding carboxylic acids is 2. The molecule has 1 aromatic carbocycles. The van der Waals surface area contributed by atoms with Crippen molar-refractivity contribution in [1.82, 2.24) is 9.80 Å². The largest absolute Gasteiger partial charge is 0.491 e. The normalized spacial score (nSPS) is 22.3. The smallest absolute Gasteiger partial charge is 0.327 e. The Hall–Kier alpha value is -1.60. The minimum absolute atomic E-state index is 0.0266. The van der Waals surface area contributed by atoms with Gasteiger partial charge in [0.2, 0.25) is 0 Å². The number of amides is 3. The Morgan fingerprint density at radius 1 is 1.26 bits per heavy atom. The molecule has 1 aromatic rings. The topological polar surface area (TPSA) is 70.1 Å². The number of fused-ring (bicyclic) bond motifs is 1. The quantitative estimate of drug-likeness (QED) is 0.790. The van der Waals surface area contributed by atoms with Crippen molar-refractivity contribution in [3.05, 3.63) is 28.7 Å². The van der Waals surface area contributed by atoms with E-state index in [4.69, 9.17) is 4.74 Å². The van der Waals surface area contributed by atoms with E-state index in [1.54, 1.807) is 17.0 Å². The number of piperidine rings is 1. The number of imide groups is 1. The molecule has 2 unspecified atom stereocenters. The Kier molecular flexibility index (Phi) is 4.87. The van der Waals surface area contributed by atoms with Gasteiger partial charge in [-0.1, -0.05) is 15.9 Å². The fourth-order valence-corrected chi connectivity index (χ4v) is 3.27. The van der Waals surface area contributed by atoms with Crippen molar-refractivity contribution < 1.29 is 19.4 Å². The van der Waals surface area contributed by atoms with Crippen LogP contribution in [-0.4, -0.2) is 58.7 Å². The molecule has 2 atom stereocenters. The maximum atomic E-state index is 12.3. The number of rotatable bonds is 5. The molecule has 2 heterocycles. The number of hydrogen-bond acceptors (Lipinski definition) is 4. The molecule has 0 radical (unpaired) electrons. The SMILES string of the molecule is O=C1C2CCCCN2C(=O)N1CC(O)COc1ccc(Br)cc1. The van der Waals surface area contributed by atoms with E-state index in [-0.39, 0.29) is 31.1 Å². The van der Waals surface area contributed by atoms with Crippen LogP contribution in [0.1, 0.15) is 19.3 Å². The fourth-order valence-electron chi connectivity index (χ4n) is 3.00. The van der Waals surface area contributed by atoms with Crippen LogP contribution in [0, 0.1) is 0 Å². The molecule has 6 nitrogen and oxygen atoms in total. The van der Waals surface area contributed by atoms with E-state index < -0.39 is 6.10 Å². The van der Waals surface area contributed by atoms with Crippen molar-refractivity contribution in [1.29, 1.82) is 0 Å². The highest BCUT2D eigenvalue weighted by atomic mass is 79.9. The predicted molar refractivity (Wildman–Crippen MR) is 87.1 cm³/mol. The minimum Gasteiger partial charge on any atom is -0.491 e. The first-order valence-electron chi connectivity index (χ1n) is 7.74. The van der Waals surface area contributed by atoms with Crippen LogP contribution in [0.15, 0.2) is 28.7 Å². The van der Waals surface area contributed by atoms with E-state index in [1.165, 1.54) is 0 Å². The number of nitrogens with zero attached hydrogens (tertiary/aromatic N) is 2. The van der Waals surface area contributed by atoms with E-state index in [0.717, 1.165) is 22.2 Å². The number of aliphatic hydroxyl groups excluding tert-OH is 1. The maximum Gasteiger partial charge on any atom is 0.327 e. The zero-order valence-electron chi connectivity index (χ0n) is 12.7. The molecular formula is C16H19BrN2O4. The van der Waals surface area contributed by atoms with Crippen LogP contribution in [-0.2, 0) is 4.79 Å². The van der Waals surface area contributed by atoms with Gasteiger partial charge in [-0.15, -0.1) is 0 Å². The summed E-state index contributed by atoms with van der Waals surface area (Å²) >= 11 is 3.34. The second-order valence-corrected chi connectivity index (χ2v) is 6.77. The standard InChI is InChI=1S/C16H19BrN2O4/c17-11-4-6-13(7-5-11)23-10-12(20)9-19-15(21)14-3-1-2-8-18(14)16(19)22/h4-7,12,14,20H,1-3,8-10H2. The van der Waals surface area contributed by atoms with Gasteiger partial charge in [0, 0.05) is 11.0 Å². The van der Waals surface area contributed by atoms with Gasteiger partial charge in [-0.3, -0.25) is 9.69 Å². The summed E-state index contributed by atoms with van der Waals surface area (Å²) < 4.78 is 6.43. The molecule has 3 rings (SSSR count). The lowest BCUT2D eigenvalue weighted by atomic mass is 10.0. The Morgan fingerprint density at radius 3 is 2.70 bits per heavy atom. The summed E-state index contributed by atoms with van der Waals surface area (Å²) in [4.78, 5) is 27.4. The first kappa shape index (κ1) is 16.3. The second kappa shape index (κ2) is 6.88. The van der Waals surface area contributed by atoms with Crippen molar-refractivity contribution in [2.24, 2.45) is 0 Å². The van der Waals surface area contributed by atoms with Gasteiger partial charge in [-0.2, -0.15) is 0 Å². The summed E-state index contributed by atoms with van der Waals surface area (Å²) in [5.41, 5.74) is 0. The summed E-state index contributed by atoms with van der Waals surface area (Å²) in [6, 6.07) is 6.62. The Morgan fingerprint density at radius 2 is 2.00 bits per heavy atom. The molecule has 0 aliphatic carbocycles. The summed E-state index contributed by atoms with van der Waals surface area (Å²) in [5.74, 6) is 0.432. The molecule has 2 fully saturated rings. The second-order valence-electron chi connectivity index (χ2n) is 5.86. The van der Waals surface area contributed by atoms with E-state index >= 15 is 0 Å². The first-order chi connectivity index (χ1) is 11.1. The highest BCUT2D eigenvalue weighted by Crippen LogP contribution is 2.26. The number of carbonyl (C=O) groups is 2. The van der Waals surface area contributed by atoms with E-state index in [2.05, 4.69) is 15.9 Å². The number of β-amino-alcohol motifs (C(OH)–C–C–N with tert-alkyl or cyclic N) is 1. The molecule has 23 heavy (non-hydrogen) atoms. The predicted octanol–water partition coefficient (Wildman–Crippen LogP) is 2.01. The molecule has 1 N–H and O–H groups in total. The molecule has 3 amide bonds. The number of aliphatic hydroxyl groups is 1. The van der Waals surface area contributed by atoms with Gasteiger partial charge in [-0.25, -0.2) is 4.79 Å². The first-order valence-corrected chi connectivity index (χ1v) is 8.54. The molecule has 0 spiro atoms. The van der Waals surface area contributed by atoms with Crippen LogP contribution < -0.4 is 4.74 Å². The van der Waals surface area contributed by atoms with Gasteiger partial charge >= 0.3 is 6.03 Å². The third-order valence-corrected chi connectivity index (χ3v) is 4.71. The van der Waals surface area contributed by atoms with Crippen LogP contribution in [0.3, 0.4) is 0 Å². The average molecular weight is 383 g/mol.